The quantitative estimate of drug-likeness (QED) is 0.636. The first-order chi connectivity index (χ1) is 11.5. The molecule has 0 radical (unpaired) electrons. The molecule has 2 amide bonds. The van der Waals surface area contributed by atoms with E-state index in [-0.39, 0.29) is 36.1 Å². The molecule has 0 aromatic heterocycles. The highest BCUT2D eigenvalue weighted by Crippen LogP contribution is 2.25. The Morgan fingerprint density at radius 2 is 1.75 bits per heavy atom. The lowest BCUT2D eigenvalue weighted by Crippen LogP contribution is -2.48. The molecule has 0 spiro atoms. The van der Waals surface area contributed by atoms with Gasteiger partial charge in [0.15, 0.2) is 5.78 Å². The van der Waals surface area contributed by atoms with Gasteiger partial charge in [-0.25, -0.2) is 0 Å². The molecule has 1 aromatic rings. The van der Waals surface area contributed by atoms with Crippen molar-refractivity contribution in [1.29, 1.82) is 5.26 Å². The van der Waals surface area contributed by atoms with Gasteiger partial charge in [-0.2, -0.15) is 5.26 Å². The van der Waals surface area contributed by atoms with Crippen LogP contribution in [0.2, 0.25) is 0 Å². The van der Waals surface area contributed by atoms with Crippen LogP contribution in [0.15, 0.2) is 24.3 Å². The van der Waals surface area contributed by atoms with Crippen LogP contribution >= 0.6 is 0 Å². The maximum absolute atomic E-state index is 12.4. The number of nitrogens with one attached hydrogen (secondary N) is 2. The number of ketones is 1. The first-order valence-corrected chi connectivity index (χ1v) is 8.09. The number of hydrogen-bond acceptors (Lipinski definition) is 4. The molecule has 126 valence electrons. The van der Waals surface area contributed by atoms with Gasteiger partial charge in [0, 0.05) is 17.2 Å². The van der Waals surface area contributed by atoms with Crippen molar-refractivity contribution in [3.63, 3.8) is 0 Å². The molecule has 1 aliphatic carbocycles. The third-order valence-corrected chi connectivity index (χ3v) is 4.31. The van der Waals surface area contributed by atoms with Crippen molar-refractivity contribution < 1.29 is 14.4 Å². The maximum atomic E-state index is 12.4. The van der Waals surface area contributed by atoms with Gasteiger partial charge in [0.2, 0.25) is 5.91 Å². The minimum atomic E-state index is -0.312. The topological polar surface area (TPSA) is 99.1 Å². The predicted octanol–water partition coefficient (Wildman–Crippen LogP) is 1.82. The van der Waals surface area contributed by atoms with Gasteiger partial charge in [0.25, 0.3) is 5.91 Å². The molecule has 2 atom stereocenters. The molecule has 6 heteroatoms. The molecule has 2 unspecified atom stereocenters. The molecular formula is C18H21N3O3. The first-order valence-electron chi connectivity index (χ1n) is 8.09. The van der Waals surface area contributed by atoms with E-state index in [1.165, 1.54) is 6.92 Å². The van der Waals surface area contributed by atoms with Gasteiger partial charge in [-0.3, -0.25) is 14.4 Å². The largest absolute Gasteiger partial charge is 0.349 e. The summed E-state index contributed by atoms with van der Waals surface area (Å²) in [5.41, 5.74) is 1.01. The lowest BCUT2D eigenvalue weighted by Gasteiger charge is -2.31. The van der Waals surface area contributed by atoms with E-state index in [1.807, 2.05) is 6.07 Å². The van der Waals surface area contributed by atoms with Crippen LogP contribution in [0.1, 0.15) is 53.3 Å². The number of hydrogen-bond donors (Lipinski definition) is 2. The van der Waals surface area contributed by atoms with Crippen LogP contribution in [0.4, 0.5) is 0 Å². The van der Waals surface area contributed by atoms with Gasteiger partial charge >= 0.3 is 0 Å². The Hall–Kier alpha value is -2.68. The summed E-state index contributed by atoms with van der Waals surface area (Å²) in [7, 11) is 0. The number of nitriles is 1. The van der Waals surface area contributed by atoms with E-state index in [2.05, 4.69) is 10.6 Å². The second-order valence-corrected chi connectivity index (χ2v) is 5.98. The standard InChI is InChI=1S/C18H21N3O3/c1-12(22)13-6-8-14(9-7-13)17(23)21-16-5-3-2-4-15(16)18(24)20-11-10-19/h6-9,15-16H,2-5,11H2,1H3,(H,20,24)(H,21,23). The summed E-state index contributed by atoms with van der Waals surface area (Å²) in [5.74, 6) is -0.806. The van der Waals surface area contributed by atoms with E-state index in [9.17, 15) is 14.4 Å². The molecule has 24 heavy (non-hydrogen) atoms. The normalized spacial score (nSPS) is 19.8. The van der Waals surface area contributed by atoms with Crippen molar-refractivity contribution >= 4 is 17.6 Å². The number of carbonyl (C=O) groups is 3. The Labute approximate surface area is 141 Å². The van der Waals surface area contributed by atoms with E-state index >= 15 is 0 Å². The third kappa shape index (κ3) is 4.42. The third-order valence-electron chi connectivity index (χ3n) is 4.31. The second-order valence-electron chi connectivity index (χ2n) is 5.98. The van der Waals surface area contributed by atoms with E-state index in [0.717, 1.165) is 19.3 Å². The Morgan fingerprint density at radius 1 is 1.12 bits per heavy atom. The molecule has 0 heterocycles. The molecule has 6 nitrogen and oxygen atoms in total. The fraction of sp³-hybridized carbons (Fsp3) is 0.444. The SMILES string of the molecule is CC(=O)c1ccc(C(=O)NC2CCCCC2C(=O)NCC#N)cc1. The molecule has 1 aromatic carbocycles. The van der Waals surface area contributed by atoms with Crippen LogP contribution in [0.3, 0.4) is 0 Å². The van der Waals surface area contributed by atoms with E-state index < -0.39 is 0 Å². The fourth-order valence-corrected chi connectivity index (χ4v) is 2.98. The smallest absolute Gasteiger partial charge is 0.251 e. The predicted molar refractivity (Wildman–Crippen MR) is 88.3 cm³/mol. The highest BCUT2D eigenvalue weighted by molar-refractivity contribution is 5.98. The molecule has 2 rings (SSSR count). The van der Waals surface area contributed by atoms with Crippen molar-refractivity contribution in [2.24, 2.45) is 5.92 Å². The van der Waals surface area contributed by atoms with Crippen molar-refractivity contribution in [3.05, 3.63) is 35.4 Å². The van der Waals surface area contributed by atoms with Crippen molar-refractivity contribution in [2.45, 2.75) is 38.6 Å². The zero-order chi connectivity index (χ0) is 17.5. The van der Waals surface area contributed by atoms with Crippen molar-refractivity contribution in [1.82, 2.24) is 10.6 Å². The van der Waals surface area contributed by atoms with Gasteiger partial charge < -0.3 is 10.6 Å². The summed E-state index contributed by atoms with van der Waals surface area (Å²) in [6.07, 6.45) is 3.33. The number of Topliss-reactive ketones (excluding diaryl/α,β-unsaturated/α-hetero) is 1. The lowest BCUT2D eigenvalue weighted by atomic mass is 9.83. The summed E-state index contributed by atoms with van der Waals surface area (Å²) >= 11 is 0. The Kier molecular flexibility index (Phi) is 6.07. The Balaban J connectivity index is 2.03. The lowest BCUT2D eigenvalue weighted by molar-refractivity contribution is -0.126. The Bertz CT molecular complexity index is 661. The van der Waals surface area contributed by atoms with E-state index in [1.54, 1.807) is 24.3 Å². The monoisotopic (exact) mass is 327 g/mol. The van der Waals surface area contributed by atoms with Crippen LogP contribution < -0.4 is 10.6 Å². The van der Waals surface area contributed by atoms with Crippen molar-refractivity contribution in [2.75, 3.05) is 6.54 Å². The highest BCUT2D eigenvalue weighted by Gasteiger charge is 2.32. The van der Waals surface area contributed by atoms with Crippen LogP contribution in [0.25, 0.3) is 0 Å². The molecular weight excluding hydrogens is 306 g/mol. The average molecular weight is 327 g/mol. The summed E-state index contributed by atoms with van der Waals surface area (Å²) in [6.45, 7) is 1.45. The number of amides is 2. The average Bonchev–Trinajstić information content (AvgIpc) is 2.60. The van der Waals surface area contributed by atoms with Crippen LogP contribution in [-0.2, 0) is 4.79 Å². The number of benzene rings is 1. The minimum Gasteiger partial charge on any atom is -0.349 e. The summed E-state index contributed by atoms with van der Waals surface area (Å²) in [4.78, 5) is 35.8. The summed E-state index contributed by atoms with van der Waals surface area (Å²) in [6, 6.07) is 8.11. The zero-order valence-corrected chi connectivity index (χ0v) is 13.7. The highest BCUT2D eigenvalue weighted by atomic mass is 16.2. The molecule has 0 saturated heterocycles. The molecule has 2 N–H and O–H groups in total. The van der Waals surface area contributed by atoms with Gasteiger partial charge in [0.05, 0.1) is 12.0 Å². The van der Waals surface area contributed by atoms with Crippen LogP contribution in [0, 0.1) is 17.2 Å². The number of rotatable bonds is 5. The Morgan fingerprint density at radius 3 is 2.38 bits per heavy atom. The van der Waals surface area contributed by atoms with Gasteiger partial charge in [-0.1, -0.05) is 25.0 Å². The number of carbonyl (C=O) groups excluding carboxylic acids is 3. The molecule has 0 bridgehead atoms. The molecule has 1 aliphatic rings. The number of nitrogens with zero attached hydrogens (tertiary/aromatic N) is 1. The van der Waals surface area contributed by atoms with Crippen molar-refractivity contribution in [3.8, 4) is 6.07 Å². The minimum absolute atomic E-state index is 0.0253. The van der Waals surface area contributed by atoms with E-state index in [4.69, 9.17) is 5.26 Å². The van der Waals surface area contributed by atoms with Crippen LogP contribution in [0.5, 0.6) is 0 Å². The van der Waals surface area contributed by atoms with E-state index in [0.29, 0.717) is 17.5 Å². The second kappa shape index (κ2) is 8.25. The van der Waals surface area contributed by atoms with Crippen LogP contribution in [-0.4, -0.2) is 30.2 Å². The van der Waals surface area contributed by atoms with Gasteiger partial charge in [-0.05, 0) is 31.9 Å². The first kappa shape index (κ1) is 17.7. The summed E-state index contributed by atoms with van der Waals surface area (Å²) in [5, 5.41) is 14.1. The zero-order valence-electron chi connectivity index (χ0n) is 13.7. The molecule has 1 saturated carbocycles. The van der Waals surface area contributed by atoms with Gasteiger partial charge in [0.1, 0.15) is 6.54 Å². The maximum Gasteiger partial charge on any atom is 0.251 e. The summed E-state index contributed by atoms with van der Waals surface area (Å²) < 4.78 is 0. The van der Waals surface area contributed by atoms with Gasteiger partial charge in [-0.15, -0.1) is 0 Å². The molecule has 0 aliphatic heterocycles. The fourth-order valence-electron chi connectivity index (χ4n) is 2.98. The molecule has 1 fully saturated rings.